The van der Waals surface area contributed by atoms with Gasteiger partial charge in [0.1, 0.15) is 5.60 Å². The van der Waals surface area contributed by atoms with E-state index in [0.29, 0.717) is 6.54 Å². The van der Waals surface area contributed by atoms with Gasteiger partial charge in [0.05, 0.1) is 6.61 Å². The molecule has 1 unspecified atom stereocenters. The Morgan fingerprint density at radius 2 is 2.25 bits per heavy atom. The number of alkyl carbamates (subject to hydrolysis) is 1. The molecule has 94 valence electrons. The van der Waals surface area contributed by atoms with Crippen molar-refractivity contribution in [1.82, 2.24) is 10.2 Å². The summed E-state index contributed by atoms with van der Waals surface area (Å²) in [5, 5.41) is 11.6. The van der Waals surface area contributed by atoms with E-state index < -0.39 is 5.60 Å². The van der Waals surface area contributed by atoms with Crippen molar-refractivity contribution in [3.63, 3.8) is 0 Å². The van der Waals surface area contributed by atoms with Crippen LogP contribution in [0.1, 0.15) is 27.2 Å². The third-order valence-electron chi connectivity index (χ3n) is 2.41. The number of amides is 1. The van der Waals surface area contributed by atoms with E-state index >= 15 is 0 Å². The molecule has 1 atom stereocenters. The van der Waals surface area contributed by atoms with Crippen molar-refractivity contribution in [3.8, 4) is 0 Å². The van der Waals surface area contributed by atoms with Gasteiger partial charge in [0.2, 0.25) is 0 Å². The summed E-state index contributed by atoms with van der Waals surface area (Å²) in [7, 11) is 0. The second-order valence-corrected chi connectivity index (χ2v) is 5.16. The van der Waals surface area contributed by atoms with Gasteiger partial charge in [-0.15, -0.1) is 0 Å². The Labute approximate surface area is 96.8 Å². The molecule has 1 rings (SSSR count). The smallest absolute Gasteiger partial charge is 0.407 e. The minimum atomic E-state index is -0.451. The molecule has 5 heteroatoms. The number of nitrogens with one attached hydrogen (secondary N) is 1. The molecule has 0 radical (unpaired) electrons. The molecule has 0 saturated carbocycles. The van der Waals surface area contributed by atoms with Gasteiger partial charge in [-0.2, -0.15) is 0 Å². The molecule has 1 aliphatic heterocycles. The van der Waals surface area contributed by atoms with Gasteiger partial charge in [0, 0.05) is 25.7 Å². The molecule has 1 saturated heterocycles. The van der Waals surface area contributed by atoms with Crippen LogP contribution in [-0.4, -0.2) is 54.0 Å². The number of carbonyl (C=O) groups is 1. The van der Waals surface area contributed by atoms with Gasteiger partial charge in [-0.3, -0.25) is 4.90 Å². The van der Waals surface area contributed by atoms with Crippen LogP contribution in [0.2, 0.25) is 0 Å². The topological polar surface area (TPSA) is 61.8 Å². The number of aliphatic hydroxyl groups excluding tert-OH is 1. The van der Waals surface area contributed by atoms with Crippen molar-refractivity contribution in [2.24, 2.45) is 0 Å². The van der Waals surface area contributed by atoms with Gasteiger partial charge >= 0.3 is 6.09 Å². The largest absolute Gasteiger partial charge is 0.444 e. The molecule has 16 heavy (non-hydrogen) atoms. The van der Waals surface area contributed by atoms with Crippen LogP contribution in [0.4, 0.5) is 4.79 Å². The van der Waals surface area contributed by atoms with Crippen molar-refractivity contribution in [1.29, 1.82) is 0 Å². The third-order valence-corrected chi connectivity index (χ3v) is 2.41. The highest BCUT2D eigenvalue weighted by molar-refractivity contribution is 5.68. The van der Waals surface area contributed by atoms with Crippen LogP contribution < -0.4 is 5.32 Å². The predicted octanol–water partition coefficient (Wildman–Crippen LogP) is 0.578. The highest BCUT2D eigenvalue weighted by Gasteiger charge is 2.25. The summed E-state index contributed by atoms with van der Waals surface area (Å²) in [5.41, 5.74) is -0.451. The number of aliphatic hydroxyl groups is 1. The maximum Gasteiger partial charge on any atom is 0.407 e. The molecule has 0 aromatic rings. The summed E-state index contributed by atoms with van der Waals surface area (Å²) in [6.45, 7) is 8.09. The molecular weight excluding hydrogens is 208 g/mol. The van der Waals surface area contributed by atoms with Crippen LogP contribution in [0.5, 0.6) is 0 Å². The Bertz CT molecular complexity index is 238. The number of ether oxygens (including phenoxy) is 1. The average Bonchev–Trinajstić information content (AvgIpc) is 2.49. The lowest BCUT2D eigenvalue weighted by Gasteiger charge is -2.21. The van der Waals surface area contributed by atoms with E-state index in [0.717, 1.165) is 19.5 Å². The maximum absolute atomic E-state index is 11.5. The molecule has 1 amide bonds. The number of carbonyl (C=O) groups excluding carboxylic acids is 1. The first kappa shape index (κ1) is 13.3. The molecule has 1 aliphatic rings. The Kier molecular flexibility index (Phi) is 4.56. The molecule has 0 spiro atoms. The fourth-order valence-corrected chi connectivity index (χ4v) is 1.77. The Morgan fingerprint density at radius 1 is 1.56 bits per heavy atom. The van der Waals surface area contributed by atoms with E-state index in [9.17, 15) is 4.79 Å². The number of hydrogen-bond acceptors (Lipinski definition) is 4. The lowest BCUT2D eigenvalue weighted by atomic mass is 10.2. The second-order valence-electron chi connectivity index (χ2n) is 5.16. The molecule has 2 N–H and O–H groups in total. The van der Waals surface area contributed by atoms with Crippen molar-refractivity contribution in [3.05, 3.63) is 0 Å². The number of nitrogens with zero attached hydrogens (tertiary/aromatic N) is 1. The monoisotopic (exact) mass is 230 g/mol. The molecule has 1 fully saturated rings. The molecule has 0 aromatic carbocycles. The van der Waals surface area contributed by atoms with Crippen LogP contribution in [0.15, 0.2) is 0 Å². The predicted molar refractivity (Wildman–Crippen MR) is 61.3 cm³/mol. The summed E-state index contributed by atoms with van der Waals surface area (Å²) in [6, 6.07) is 0.140. The first-order valence-corrected chi connectivity index (χ1v) is 5.73. The van der Waals surface area contributed by atoms with Crippen molar-refractivity contribution < 1.29 is 14.6 Å². The molecule has 0 aliphatic carbocycles. The number of hydrogen-bond donors (Lipinski definition) is 2. The zero-order chi connectivity index (χ0) is 12.2. The Morgan fingerprint density at radius 3 is 2.81 bits per heavy atom. The maximum atomic E-state index is 11.5. The molecule has 1 heterocycles. The van der Waals surface area contributed by atoms with Gasteiger partial charge in [-0.25, -0.2) is 4.79 Å². The van der Waals surface area contributed by atoms with Crippen LogP contribution >= 0.6 is 0 Å². The van der Waals surface area contributed by atoms with E-state index in [-0.39, 0.29) is 18.7 Å². The van der Waals surface area contributed by atoms with Gasteiger partial charge in [-0.1, -0.05) is 0 Å². The van der Waals surface area contributed by atoms with Gasteiger partial charge in [0.15, 0.2) is 0 Å². The van der Waals surface area contributed by atoms with Gasteiger partial charge < -0.3 is 15.2 Å². The first-order valence-electron chi connectivity index (χ1n) is 5.73. The zero-order valence-electron chi connectivity index (χ0n) is 10.3. The average molecular weight is 230 g/mol. The van der Waals surface area contributed by atoms with Gasteiger partial charge in [0.25, 0.3) is 0 Å². The fourth-order valence-electron chi connectivity index (χ4n) is 1.77. The van der Waals surface area contributed by atoms with E-state index in [2.05, 4.69) is 10.2 Å². The first-order chi connectivity index (χ1) is 7.40. The number of β-amino-alcohol motifs (C(OH)–C–C–N with tert-alkyl or cyclic N) is 1. The van der Waals surface area contributed by atoms with Crippen LogP contribution in [-0.2, 0) is 4.74 Å². The molecule has 5 nitrogen and oxygen atoms in total. The lowest BCUT2D eigenvalue weighted by Crippen LogP contribution is -2.40. The number of likely N-dealkylation sites (tertiary alicyclic amines) is 1. The normalized spacial score (nSPS) is 22.1. The summed E-state index contributed by atoms with van der Waals surface area (Å²) >= 11 is 0. The van der Waals surface area contributed by atoms with E-state index in [1.165, 1.54) is 0 Å². The summed E-state index contributed by atoms with van der Waals surface area (Å²) in [6.07, 6.45) is 0.558. The Hall–Kier alpha value is -0.810. The van der Waals surface area contributed by atoms with E-state index in [1.807, 2.05) is 20.8 Å². The van der Waals surface area contributed by atoms with Crippen molar-refractivity contribution in [2.75, 3.05) is 26.2 Å². The summed E-state index contributed by atoms with van der Waals surface area (Å²) in [4.78, 5) is 13.6. The van der Waals surface area contributed by atoms with Gasteiger partial charge in [-0.05, 0) is 27.2 Å². The molecular formula is C11H22N2O3. The summed E-state index contributed by atoms with van der Waals surface area (Å²) < 4.78 is 5.18. The van der Waals surface area contributed by atoms with Crippen molar-refractivity contribution >= 4 is 6.09 Å². The van der Waals surface area contributed by atoms with E-state index in [1.54, 1.807) is 0 Å². The van der Waals surface area contributed by atoms with Crippen molar-refractivity contribution in [2.45, 2.75) is 38.8 Å². The lowest BCUT2D eigenvalue weighted by molar-refractivity contribution is 0.0505. The Balaban J connectivity index is 2.26. The fraction of sp³-hybridized carbons (Fsp3) is 0.909. The molecule has 0 aromatic heterocycles. The molecule has 0 bridgehead atoms. The van der Waals surface area contributed by atoms with Crippen LogP contribution in [0.3, 0.4) is 0 Å². The zero-order valence-corrected chi connectivity index (χ0v) is 10.3. The minimum Gasteiger partial charge on any atom is -0.444 e. The SMILES string of the molecule is CC(C)(C)OC(=O)NC1CCN(CCO)C1. The van der Waals surface area contributed by atoms with Crippen LogP contribution in [0.25, 0.3) is 0 Å². The number of rotatable bonds is 3. The third kappa shape index (κ3) is 4.81. The quantitative estimate of drug-likeness (QED) is 0.744. The van der Waals surface area contributed by atoms with E-state index in [4.69, 9.17) is 9.84 Å². The highest BCUT2D eigenvalue weighted by Crippen LogP contribution is 2.11. The van der Waals surface area contributed by atoms with Crippen LogP contribution in [0, 0.1) is 0 Å². The summed E-state index contributed by atoms with van der Waals surface area (Å²) in [5.74, 6) is 0. The second kappa shape index (κ2) is 5.50. The highest BCUT2D eigenvalue weighted by atomic mass is 16.6. The standard InChI is InChI=1S/C11H22N2O3/c1-11(2,3)16-10(15)12-9-4-5-13(8-9)6-7-14/h9,14H,4-8H2,1-3H3,(H,12,15). The minimum absolute atomic E-state index is 0.140.